The SMILES string of the molecule is CCc1cc(O)c(F)cc1-c1ccc(C(=N)c2ncc(CNC(=O)N3CCN(C)CC3)[nH]2)c(N)c1. The van der Waals surface area contributed by atoms with Crippen LogP contribution in [0.2, 0.25) is 0 Å². The molecule has 0 spiro atoms. The summed E-state index contributed by atoms with van der Waals surface area (Å²) in [5.74, 6) is -0.751. The molecule has 0 bridgehead atoms. The van der Waals surface area contributed by atoms with Crippen LogP contribution in [0.4, 0.5) is 14.9 Å². The summed E-state index contributed by atoms with van der Waals surface area (Å²) >= 11 is 0. The quantitative estimate of drug-likeness (QED) is 0.274. The van der Waals surface area contributed by atoms with E-state index < -0.39 is 5.82 Å². The summed E-state index contributed by atoms with van der Waals surface area (Å²) in [5, 5.41) is 21.1. The van der Waals surface area contributed by atoms with Gasteiger partial charge in [0.05, 0.1) is 18.4 Å². The number of phenolic OH excluding ortho intramolecular Hbond substituents is 1. The lowest BCUT2D eigenvalue weighted by Crippen LogP contribution is -2.50. The number of nitrogens with zero attached hydrogens (tertiary/aromatic N) is 3. The van der Waals surface area contributed by atoms with Crippen molar-refractivity contribution in [3.8, 4) is 16.9 Å². The van der Waals surface area contributed by atoms with Gasteiger partial charge in [-0.05, 0) is 48.4 Å². The minimum Gasteiger partial charge on any atom is -0.505 e. The maximum absolute atomic E-state index is 14.0. The summed E-state index contributed by atoms with van der Waals surface area (Å²) in [5.41, 5.74) is 10.0. The van der Waals surface area contributed by atoms with Crippen molar-refractivity contribution in [1.29, 1.82) is 5.41 Å². The molecule has 9 nitrogen and oxygen atoms in total. The molecule has 35 heavy (non-hydrogen) atoms. The van der Waals surface area contributed by atoms with E-state index in [1.165, 1.54) is 12.1 Å². The minimum absolute atomic E-state index is 0.110. The van der Waals surface area contributed by atoms with Gasteiger partial charge in [0.15, 0.2) is 17.4 Å². The number of amides is 2. The van der Waals surface area contributed by atoms with Gasteiger partial charge in [-0.2, -0.15) is 0 Å². The number of aromatic hydroxyl groups is 1. The molecule has 0 atom stereocenters. The zero-order chi connectivity index (χ0) is 25.1. The van der Waals surface area contributed by atoms with E-state index in [0.717, 1.165) is 18.7 Å². The number of urea groups is 1. The molecule has 2 aromatic carbocycles. The van der Waals surface area contributed by atoms with Gasteiger partial charge >= 0.3 is 6.03 Å². The Kier molecular flexibility index (Phi) is 7.02. The monoisotopic (exact) mass is 479 g/mol. The number of rotatable bonds is 6. The lowest BCUT2D eigenvalue weighted by Gasteiger charge is -2.32. The zero-order valence-electron chi connectivity index (χ0n) is 19.9. The van der Waals surface area contributed by atoms with Crippen molar-refractivity contribution >= 4 is 17.4 Å². The zero-order valence-corrected chi connectivity index (χ0v) is 19.9. The highest BCUT2D eigenvalue weighted by Crippen LogP contribution is 2.32. The van der Waals surface area contributed by atoms with Crippen LogP contribution in [0.15, 0.2) is 36.5 Å². The van der Waals surface area contributed by atoms with Crippen molar-refractivity contribution < 1.29 is 14.3 Å². The summed E-state index contributed by atoms with van der Waals surface area (Å²) in [7, 11) is 2.03. The van der Waals surface area contributed by atoms with Crippen LogP contribution >= 0.6 is 0 Å². The van der Waals surface area contributed by atoms with E-state index in [1.807, 2.05) is 14.0 Å². The van der Waals surface area contributed by atoms with Gasteiger partial charge in [-0.3, -0.25) is 5.41 Å². The standard InChI is InChI=1S/C25H30FN7O2/c1-3-15-11-22(34)20(26)12-19(15)16-4-5-18(21(27)10-16)23(28)24-29-13-17(31-24)14-30-25(35)33-8-6-32(2)7-9-33/h4-5,10-13,28,34H,3,6-9,14,27H2,1-2H3,(H,29,31)(H,30,35). The number of piperazine rings is 1. The average Bonchev–Trinajstić information content (AvgIpc) is 3.33. The van der Waals surface area contributed by atoms with E-state index in [4.69, 9.17) is 11.1 Å². The molecule has 3 aromatic rings. The van der Waals surface area contributed by atoms with Crippen LogP contribution in [0.1, 0.15) is 29.6 Å². The van der Waals surface area contributed by atoms with E-state index in [0.29, 0.717) is 53.4 Å². The number of nitrogen functional groups attached to an aromatic ring is 1. The molecular weight excluding hydrogens is 449 g/mol. The summed E-state index contributed by atoms with van der Waals surface area (Å²) in [6, 6.07) is 7.75. The highest BCUT2D eigenvalue weighted by Gasteiger charge is 2.19. The number of aryl methyl sites for hydroxylation is 1. The fraction of sp³-hybridized carbons (Fsp3) is 0.320. The van der Waals surface area contributed by atoms with Gasteiger partial charge in [0.25, 0.3) is 0 Å². The van der Waals surface area contributed by atoms with Crippen LogP contribution in [0.3, 0.4) is 0 Å². The van der Waals surface area contributed by atoms with E-state index >= 15 is 0 Å². The Morgan fingerprint density at radius 1 is 1.26 bits per heavy atom. The minimum atomic E-state index is -0.699. The van der Waals surface area contributed by atoms with Crippen LogP contribution in [0.25, 0.3) is 11.1 Å². The number of nitrogens with two attached hydrogens (primary N) is 1. The summed E-state index contributed by atoms with van der Waals surface area (Å²) in [6.45, 7) is 5.26. The van der Waals surface area contributed by atoms with Crippen LogP contribution in [0.5, 0.6) is 5.75 Å². The first-order valence-corrected chi connectivity index (χ1v) is 11.5. The number of benzene rings is 2. The Morgan fingerprint density at radius 2 is 2.00 bits per heavy atom. The molecule has 1 aromatic heterocycles. The largest absolute Gasteiger partial charge is 0.505 e. The molecule has 2 heterocycles. The number of H-pyrrole nitrogens is 1. The number of imidazole rings is 1. The van der Waals surface area contributed by atoms with Crippen molar-refractivity contribution in [3.05, 3.63) is 65.0 Å². The van der Waals surface area contributed by atoms with Crippen LogP contribution in [0, 0.1) is 11.2 Å². The van der Waals surface area contributed by atoms with Crippen molar-refractivity contribution in [3.63, 3.8) is 0 Å². The number of aromatic nitrogens is 2. The number of hydrogen-bond acceptors (Lipinski definition) is 6. The van der Waals surface area contributed by atoms with Gasteiger partial charge < -0.3 is 30.9 Å². The van der Waals surface area contributed by atoms with Crippen molar-refractivity contribution in [2.45, 2.75) is 19.9 Å². The molecule has 0 saturated carbocycles. The summed E-state index contributed by atoms with van der Waals surface area (Å²) in [6.07, 6.45) is 2.20. The summed E-state index contributed by atoms with van der Waals surface area (Å²) < 4.78 is 14.0. The van der Waals surface area contributed by atoms with Gasteiger partial charge in [-0.1, -0.05) is 19.1 Å². The molecule has 10 heteroatoms. The van der Waals surface area contributed by atoms with Gasteiger partial charge in [0, 0.05) is 37.4 Å². The molecule has 0 radical (unpaired) electrons. The number of carbonyl (C=O) groups is 1. The second-order valence-corrected chi connectivity index (χ2v) is 8.70. The number of likely N-dealkylation sites (N-methyl/N-ethyl adjacent to an activating group) is 1. The molecule has 2 amide bonds. The normalized spacial score (nSPS) is 14.2. The van der Waals surface area contributed by atoms with Crippen molar-refractivity contribution in [2.24, 2.45) is 0 Å². The van der Waals surface area contributed by atoms with Gasteiger partial charge in [-0.25, -0.2) is 14.2 Å². The third-order valence-electron chi connectivity index (χ3n) is 6.27. The van der Waals surface area contributed by atoms with Gasteiger partial charge in [0.2, 0.25) is 0 Å². The number of carbonyl (C=O) groups excluding carboxylic acids is 1. The highest BCUT2D eigenvalue weighted by atomic mass is 19.1. The van der Waals surface area contributed by atoms with Crippen molar-refractivity contribution in [1.82, 2.24) is 25.1 Å². The average molecular weight is 480 g/mol. The van der Waals surface area contributed by atoms with Gasteiger partial charge in [-0.15, -0.1) is 0 Å². The number of phenols is 1. The first kappa shape index (κ1) is 24.2. The predicted molar refractivity (Wildman–Crippen MR) is 133 cm³/mol. The van der Waals surface area contributed by atoms with E-state index in [1.54, 1.807) is 29.3 Å². The number of anilines is 1. The maximum Gasteiger partial charge on any atom is 0.317 e. The molecule has 0 aliphatic carbocycles. The Hall–Kier alpha value is -3.92. The molecular formula is C25H30FN7O2. The van der Waals surface area contributed by atoms with Gasteiger partial charge in [0.1, 0.15) is 5.71 Å². The van der Waals surface area contributed by atoms with E-state index in [9.17, 15) is 14.3 Å². The topological polar surface area (TPSA) is 134 Å². The van der Waals surface area contributed by atoms with Crippen LogP contribution in [-0.2, 0) is 13.0 Å². The van der Waals surface area contributed by atoms with E-state index in [2.05, 4.69) is 20.2 Å². The fourth-order valence-corrected chi connectivity index (χ4v) is 4.12. The molecule has 184 valence electrons. The fourth-order valence-electron chi connectivity index (χ4n) is 4.12. The van der Waals surface area contributed by atoms with Crippen LogP contribution in [-0.4, -0.2) is 69.8 Å². The lowest BCUT2D eigenvalue weighted by molar-refractivity contribution is 0.154. The van der Waals surface area contributed by atoms with E-state index in [-0.39, 0.29) is 24.0 Å². The summed E-state index contributed by atoms with van der Waals surface area (Å²) in [4.78, 5) is 23.7. The lowest BCUT2D eigenvalue weighted by atomic mass is 9.95. The molecule has 1 aliphatic heterocycles. The molecule has 0 unspecified atom stereocenters. The molecule has 6 N–H and O–H groups in total. The third kappa shape index (κ3) is 5.27. The first-order chi connectivity index (χ1) is 16.8. The molecule has 1 aliphatic rings. The Morgan fingerprint density at radius 3 is 2.69 bits per heavy atom. The second kappa shape index (κ2) is 10.1. The third-order valence-corrected chi connectivity index (χ3v) is 6.27. The Balaban J connectivity index is 1.45. The second-order valence-electron chi connectivity index (χ2n) is 8.70. The number of halogens is 1. The Labute approximate surface area is 203 Å². The predicted octanol–water partition coefficient (Wildman–Crippen LogP) is 2.94. The van der Waals surface area contributed by atoms with Crippen molar-refractivity contribution in [2.75, 3.05) is 39.0 Å². The highest BCUT2D eigenvalue weighted by molar-refractivity contribution is 6.12. The molecule has 1 saturated heterocycles. The maximum atomic E-state index is 14.0. The molecule has 4 rings (SSSR count). The first-order valence-electron chi connectivity index (χ1n) is 11.5. The smallest absolute Gasteiger partial charge is 0.317 e. The number of aromatic amines is 1. The number of hydrogen-bond donors (Lipinski definition) is 5. The number of nitrogens with one attached hydrogen (secondary N) is 3. The van der Waals surface area contributed by atoms with Crippen LogP contribution < -0.4 is 11.1 Å². The Bertz CT molecular complexity index is 1250. The molecule has 1 fully saturated rings.